The number of aryl methyl sites for hydroxylation is 1. The summed E-state index contributed by atoms with van der Waals surface area (Å²) in [4.78, 5) is 13.4. The third-order valence-electron chi connectivity index (χ3n) is 4.45. The standard InChI is InChI=1S/C20H19N5O4S/c1-11-5-7-12(8-6-11)17-22-23-20-25(17)24-19(30-20)21-18(26)13-9-14(27-2)16(29-4)15(10-13)28-3/h5-10H,1-4H3,(H,21,24,26). The maximum Gasteiger partial charge on any atom is 0.257 e. The Labute approximate surface area is 176 Å². The summed E-state index contributed by atoms with van der Waals surface area (Å²) in [5.41, 5.74) is 2.38. The summed E-state index contributed by atoms with van der Waals surface area (Å²) in [5.74, 6) is 1.44. The fourth-order valence-electron chi connectivity index (χ4n) is 2.93. The minimum Gasteiger partial charge on any atom is -0.493 e. The number of rotatable bonds is 6. The first-order chi connectivity index (χ1) is 14.5. The van der Waals surface area contributed by atoms with Gasteiger partial charge >= 0.3 is 0 Å². The molecule has 10 heteroatoms. The smallest absolute Gasteiger partial charge is 0.257 e. The second-order valence-electron chi connectivity index (χ2n) is 6.36. The summed E-state index contributed by atoms with van der Waals surface area (Å²) in [6.07, 6.45) is 0. The van der Waals surface area contributed by atoms with E-state index in [1.54, 1.807) is 16.6 Å². The van der Waals surface area contributed by atoms with Crippen molar-refractivity contribution >= 4 is 27.3 Å². The number of benzene rings is 2. The second-order valence-corrected chi connectivity index (χ2v) is 7.32. The van der Waals surface area contributed by atoms with Crippen LogP contribution in [-0.2, 0) is 0 Å². The van der Waals surface area contributed by atoms with E-state index in [2.05, 4.69) is 20.6 Å². The molecule has 0 aliphatic rings. The van der Waals surface area contributed by atoms with Gasteiger partial charge in [-0.15, -0.1) is 15.3 Å². The van der Waals surface area contributed by atoms with Crippen molar-refractivity contribution in [3.63, 3.8) is 0 Å². The average molecular weight is 425 g/mol. The molecule has 4 aromatic rings. The molecule has 2 aromatic carbocycles. The van der Waals surface area contributed by atoms with Crippen molar-refractivity contribution in [2.24, 2.45) is 0 Å². The highest BCUT2D eigenvalue weighted by atomic mass is 32.1. The highest BCUT2D eigenvalue weighted by Gasteiger charge is 2.19. The highest BCUT2D eigenvalue weighted by molar-refractivity contribution is 7.20. The third kappa shape index (κ3) is 3.52. The molecule has 154 valence electrons. The molecule has 0 unspecified atom stereocenters. The quantitative estimate of drug-likeness (QED) is 0.505. The van der Waals surface area contributed by atoms with E-state index in [1.807, 2.05) is 31.2 Å². The van der Waals surface area contributed by atoms with Crippen molar-refractivity contribution in [1.82, 2.24) is 19.8 Å². The summed E-state index contributed by atoms with van der Waals surface area (Å²) in [6.45, 7) is 2.02. The van der Waals surface area contributed by atoms with Gasteiger partial charge in [-0.25, -0.2) is 0 Å². The molecule has 1 amide bonds. The Balaban J connectivity index is 1.63. The van der Waals surface area contributed by atoms with Gasteiger partial charge in [-0.1, -0.05) is 41.2 Å². The molecule has 0 bridgehead atoms. The molecule has 2 aromatic heterocycles. The van der Waals surface area contributed by atoms with Crippen LogP contribution >= 0.6 is 11.3 Å². The Morgan fingerprint density at radius 2 is 1.67 bits per heavy atom. The lowest BCUT2D eigenvalue weighted by atomic mass is 10.1. The predicted octanol–water partition coefficient (Wildman–Crippen LogP) is 3.44. The summed E-state index contributed by atoms with van der Waals surface area (Å²) in [7, 11) is 4.49. The molecule has 0 saturated carbocycles. The summed E-state index contributed by atoms with van der Waals surface area (Å²) >= 11 is 1.23. The molecule has 0 aliphatic carbocycles. The summed E-state index contributed by atoms with van der Waals surface area (Å²) in [6, 6.07) is 11.1. The Kier molecular flexibility index (Phi) is 5.23. The van der Waals surface area contributed by atoms with Crippen molar-refractivity contribution in [3.05, 3.63) is 47.5 Å². The molecule has 0 aliphatic heterocycles. The van der Waals surface area contributed by atoms with Crippen LogP contribution in [0.4, 0.5) is 5.13 Å². The Morgan fingerprint density at radius 3 is 2.27 bits per heavy atom. The molecule has 0 fully saturated rings. The number of nitrogens with one attached hydrogen (secondary N) is 1. The van der Waals surface area contributed by atoms with Gasteiger partial charge in [-0.2, -0.15) is 4.52 Å². The minimum absolute atomic E-state index is 0.342. The zero-order valence-electron chi connectivity index (χ0n) is 16.8. The summed E-state index contributed by atoms with van der Waals surface area (Å²) < 4.78 is 17.5. The van der Waals surface area contributed by atoms with Gasteiger partial charge in [-0.05, 0) is 19.1 Å². The van der Waals surface area contributed by atoms with Gasteiger partial charge in [0.05, 0.1) is 21.3 Å². The number of ether oxygens (including phenoxy) is 3. The number of carbonyl (C=O) groups excluding carboxylic acids is 1. The van der Waals surface area contributed by atoms with Gasteiger partial charge in [0, 0.05) is 11.1 Å². The number of aromatic nitrogens is 4. The average Bonchev–Trinajstić information content (AvgIpc) is 3.33. The van der Waals surface area contributed by atoms with Gasteiger partial charge < -0.3 is 14.2 Å². The predicted molar refractivity (Wildman–Crippen MR) is 113 cm³/mol. The topological polar surface area (TPSA) is 99.9 Å². The number of hydrogen-bond donors (Lipinski definition) is 1. The minimum atomic E-state index is -0.365. The van der Waals surface area contributed by atoms with E-state index >= 15 is 0 Å². The number of methoxy groups -OCH3 is 3. The lowest BCUT2D eigenvalue weighted by Gasteiger charge is -2.13. The molecular formula is C20H19N5O4S. The molecule has 1 N–H and O–H groups in total. The molecule has 0 atom stereocenters. The van der Waals surface area contributed by atoms with Crippen LogP contribution < -0.4 is 19.5 Å². The van der Waals surface area contributed by atoms with Gasteiger partial charge in [0.15, 0.2) is 17.3 Å². The number of nitrogens with zero attached hydrogens (tertiary/aromatic N) is 4. The first-order valence-corrected chi connectivity index (χ1v) is 9.76. The van der Waals surface area contributed by atoms with E-state index in [1.165, 1.54) is 32.7 Å². The largest absolute Gasteiger partial charge is 0.493 e. The van der Waals surface area contributed by atoms with Crippen LogP contribution in [-0.4, -0.2) is 47.0 Å². The van der Waals surface area contributed by atoms with Crippen LogP contribution in [0.25, 0.3) is 16.3 Å². The highest BCUT2D eigenvalue weighted by Crippen LogP contribution is 2.38. The zero-order valence-corrected chi connectivity index (χ0v) is 17.6. The number of carbonyl (C=O) groups is 1. The van der Waals surface area contributed by atoms with Crippen LogP contribution in [0.1, 0.15) is 15.9 Å². The van der Waals surface area contributed by atoms with Crippen molar-refractivity contribution in [1.29, 1.82) is 0 Å². The van der Waals surface area contributed by atoms with Crippen molar-refractivity contribution in [2.75, 3.05) is 26.6 Å². The Bertz CT molecular complexity index is 1190. The maximum atomic E-state index is 12.8. The molecule has 0 radical (unpaired) electrons. The Morgan fingerprint density at radius 1 is 1.00 bits per heavy atom. The molecule has 30 heavy (non-hydrogen) atoms. The SMILES string of the molecule is COc1cc(C(=O)Nc2nn3c(-c4ccc(C)cc4)nnc3s2)cc(OC)c1OC. The molecule has 4 rings (SSSR count). The number of anilines is 1. The number of amides is 1. The van der Waals surface area contributed by atoms with Gasteiger partial charge in [0.2, 0.25) is 15.8 Å². The third-order valence-corrected chi connectivity index (χ3v) is 5.26. The van der Waals surface area contributed by atoms with Crippen molar-refractivity contribution in [2.45, 2.75) is 6.92 Å². The van der Waals surface area contributed by atoms with Crippen molar-refractivity contribution < 1.29 is 19.0 Å². The van der Waals surface area contributed by atoms with E-state index in [9.17, 15) is 4.79 Å². The zero-order chi connectivity index (χ0) is 21.3. The van der Waals surface area contributed by atoms with Gasteiger partial charge in [-0.3, -0.25) is 10.1 Å². The first kappa shape index (κ1) is 19.6. The maximum absolute atomic E-state index is 12.8. The van der Waals surface area contributed by atoms with Crippen LogP contribution in [0.3, 0.4) is 0 Å². The van der Waals surface area contributed by atoms with E-state index in [0.29, 0.717) is 38.7 Å². The number of fused-ring (bicyclic) bond motifs is 1. The van der Waals surface area contributed by atoms with Gasteiger partial charge in [0.25, 0.3) is 5.91 Å². The fraction of sp³-hybridized carbons (Fsp3) is 0.200. The number of hydrogen-bond acceptors (Lipinski definition) is 8. The monoisotopic (exact) mass is 425 g/mol. The van der Waals surface area contributed by atoms with E-state index < -0.39 is 0 Å². The first-order valence-electron chi connectivity index (χ1n) is 8.94. The molecule has 0 spiro atoms. The van der Waals surface area contributed by atoms with Crippen LogP contribution in [0.15, 0.2) is 36.4 Å². The van der Waals surface area contributed by atoms with E-state index in [0.717, 1.165) is 11.1 Å². The lowest BCUT2D eigenvalue weighted by molar-refractivity contribution is 0.102. The van der Waals surface area contributed by atoms with Crippen molar-refractivity contribution in [3.8, 4) is 28.6 Å². The molecular weight excluding hydrogens is 406 g/mol. The lowest BCUT2D eigenvalue weighted by Crippen LogP contribution is -2.13. The molecule has 9 nitrogen and oxygen atoms in total. The van der Waals surface area contributed by atoms with Gasteiger partial charge in [0.1, 0.15) is 0 Å². The van der Waals surface area contributed by atoms with Crippen LogP contribution in [0, 0.1) is 6.92 Å². The van der Waals surface area contributed by atoms with Crippen LogP contribution in [0.5, 0.6) is 17.2 Å². The van der Waals surface area contributed by atoms with Crippen LogP contribution in [0.2, 0.25) is 0 Å². The fourth-order valence-corrected chi connectivity index (χ4v) is 3.67. The Hall–Kier alpha value is -3.66. The normalized spacial score (nSPS) is 10.8. The molecule has 0 saturated heterocycles. The van der Waals surface area contributed by atoms with E-state index in [-0.39, 0.29) is 5.91 Å². The summed E-state index contributed by atoms with van der Waals surface area (Å²) in [5, 5.41) is 16.0. The van der Waals surface area contributed by atoms with E-state index in [4.69, 9.17) is 14.2 Å². The second kappa shape index (κ2) is 7.99. The molecule has 2 heterocycles.